The zero-order chi connectivity index (χ0) is 82.0. The van der Waals surface area contributed by atoms with Crippen LogP contribution in [0.15, 0.2) is 60.7 Å². The van der Waals surface area contributed by atoms with Gasteiger partial charge in [0.05, 0.1) is 58.7 Å². The minimum atomic E-state index is -1.72. The van der Waals surface area contributed by atoms with E-state index in [9.17, 15) is 107 Å². The number of hydrogen-bond donors (Lipinski definition) is 23. The van der Waals surface area contributed by atoms with Gasteiger partial charge in [-0.3, -0.25) is 107 Å². The Hall–Kier alpha value is -11.3. The van der Waals surface area contributed by atoms with Crippen LogP contribution >= 0.6 is 0 Å². The maximum Gasteiger partial charge on any atom is 0.317 e. The number of carboxylic acids is 5. The summed E-state index contributed by atoms with van der Waals surface area (Å²) in [5, 5.41) is 98.8. The molecular formula is C68H101InN21O22. The molecule has 4 rings (SSSR count). The van der Waals surface area contributed by atoms with Crippen molar-refractivity contribution in [2.75, 3.05) is 98.2 Å². The van der Waals surface area contributed by atoms with E-state index in [-0.39, 0.29) is 167 Å². The molecule has 0 aliphatic carbocycles. The van der Waals surface area contributed by atoms with Gasteiger partial charge in [-0.15, -0.1) is 0 Å². The summed E-state index contributed by atoms with van der Waals surface area (Å²) in [4.78, 5) is 228. The van der Waals surface area contributed by atoms with E-state index in [0.717, 1.165) is 0 Å². The second kappa shape index (κ2) is 51.2. The van der Waals surface area contributed by atoms with Crippen LogP contribution in [0.4, 0.5) is 0 Å². The van der Waals surface area contributed by atoms with Gasteiger partial charge < -0.3 is 111 Å². The topological polar surface area (TPSA) is 669 Å². The molecule has 2 aliphatic heterocycles. The maximum absolute atomic E-state index is 14.2. The number of aliphatic carboxylic acids is 5. The van der Waals surface area contributed by atoms with E-state index >= 15 is 0 Å². The van der Waals surface area contributed by atoms with Gasteiger partial charge in [-0.1, -0.05) is 60.7 Å². The number of nitrogens with one attached hydrogen (secondary N) is 16. The second-order valence-electron chi connectivity index (χ2n) is 26.2. The Morgan fingerprint density at radius 2 is 0.643 bits per heavy atom. The van der Waals surface area contributed by atoms with Crippen molar-refractivity contribution in [2.24, 2.45) is 11.5 Å². The number of hydrogen-bond acceptors (Lipinski definition) is 22. The molecule has 25 N–H and O–H groups in total. The Labute approximate surface area is 662 Å². The molecule has 112 heavy (non-hydrogen) atoms. The number of carbonyl (C=O) groups is 17. The van der Waals surface area contributed by atoms with Crippen molar-refractivity contribution in [2.45, 2.75) is 138 Å². The van der Waals surface area contributed by atoms with Crippen molar-refractivity contribution in [3.63, 3.8) is 0 Å². The van der Waals surface area contributed by atoms with Gasteiger partial charge in [0.25, 0.3) is 0 Å². The number of amides is 12. The van der Waals surface area contributed by atoms with Gasteiger partial charge in [0.1, 0.15) is 48.3 Å². The first-order chi connectivity index (χ1) is 52.7. The maximum atomic E-state index is 14.2. The van der Waals surface area contributed by atoms with Crippen molar-refractivity contribution in [1.29, 1.82) is 10.8 Å². The molecule has 2 heterocycles. The third kappa shape index (κ3) is 39.4. The molecule has 3 radical (unpaired) electrons. The zero-order valence-electron chi connectivity index (χ0n) is 61.6. The number of benzene rings is 2. The van der Waals surface area contributed by atoms with E-state index in [1.54, 1.807) is 60.7 Å². The quantitative estimate of drug-likeness (QED) is 0.0167. The Balaban J connectivity index is 0.0000325. The van der Waals surface area contributed by atoms with E-state index in [0.29, 0.717) is 11.1 Å². The minimum absolute atomic E-state index is 0. The summed E-state index contributed by atoms with van der Waals surface area (Å²) in [6.45, 7) is -5.49. The average molecular weight is 1680 g/mol. The molecule has 2 aromatic carbocycles. The molecule has 2 saturated heterocycles. The Kier molecular flexibility index (Phi) is 43.4. The van der Waals surface area contributed by atoms with Crippen molar-refractivity contribution in [1.82, 2.24) is 89.1 Å². The van der Waals surface area contributed by atoms with E-state index in [1.165, 1.54) is 14.7 Å². The number of guanidine groups is 2. The summed E-state index contributed by atoms with van der Waals surface area (Å²) < 4.78 is 0. The predicted molar refractivity (Wildman–Crippen MR) is 396 cm³/mol. The van der Waals surface area contributed by atoms with Gasteiger partial charge in [0.2, 0.25) is 70.9 Å². The van der Waals surface area contributed by atoms with E-state index < -0.39 is 208 Å². The standard InChI is InChI=1S/C68H101N21O22.In/c69-67(70)75-23-11-19-42-59(104)77-33-50(90)79-48(31-54(94)95)65(110)85-46(29-40-13-3-1-4-14-40)63(108)83-44(61(106)81-42)17-7-9-21-73-52(92)35-88(38-57(100)101)27-25-87(37-56(98)99)26-28-89(39-58(102)103)36-53(93)74-22-10-8-18-45-62(107)82-43(20-12-24-76-68(71)72)60(105)78-34-51(91)80-49(32-55(96)97)66(111)86-47(64(109)84-45)30-41-15-5-2-6-16-41;/h1-6,13-16,42-49H,7-12,17-39H2,(H,73,92)(H,74,93)(H,77,104)(H,78,105)(H,79,90)(H,80,91)(H,81,106)(H,82,107)(H,83,108)(H,84,109)(H,85,110)(H,86,111)(H,94,95)(H,96,97)(H,98,99)(H,100,101)(H,102,103)(H4,69,70,75)(H4,71,72,76);/t42-,43-,44-,45-,46+,47+,48-,49-;/m0./s1/i;1-4. The summed E-state index contributed by atoms with van der Waals surface area (Å²) in [6.07, 6.45) is -1.93. The molecule has 8 atom stereocenters. The Bertz CT molecular complexity index is 3370. The number of carbonyl (C=O) groups excluding carboxylic acids is 12. The summed E-state index contributed by atoms with van der Waals surface area (Å²) >= 11 is 0. The molecule has 2 aliphatic rings. The smallest absolute Gasteiger partial charge is 0.317 e. The first kappa shape index (κ1) is 94.9. The van der Waals surface area contributed by atoms with Crippen LogP contribution in [0.1, 0.15) is 88.2 Å². The number of rotatable bonds is 42. The minimum Gasteiger partial charge on any atom is -0.481 e. The molecule has 12 amide bonds. The molecule has 0 spiro atoms. The summed E-state index contributed by atoms with van der Waals surface area (Å²) in [5.41, 5.74) is 11.9. The molecule has 0 unspecified atom stereocenters. The number of carboxylic acid groups (broad SMARTS) is 5. The van der Waals surface area contributed by atoms with Crippen LogP contribution in [-0.2, 0) is 94.3 Å². The number of unbranched alkanes of at least 4 members (excludes halogenated alkanes) is 2. The van der Waals surface area contributed by atoms with Gasteiger partial charge in [0.15, 0.2) is 11.9 Å². The zero-order valence-corrected chi connectivity index (χ0v) is 64.9. The molecule has 0 aromatic heterocycles. The van der Waals surface area contributed by atoms with Crippen LogP contribution in [0.2, 0.25) is 0 Å². The predicted octanol–water partition coefficient (Wildman–Crippen LogP) is -8.56. The first-order valence-corrected chi connectivity index (χ1v) is 35.7. The van der Waals surface area contributed by atoms with Crippen molar-refractivity contribution >= 4 is 138 Å². The van der Waals surface area contributed by atoms with Gasteiger partial charge in [-0.2, -0.15) is 0 Å². The molecule has 2 fully saturated rings. The fourth-order valence-corrected chi connectivity index (χ4v) is 11.5. The van der Waals surface area contributed by atoms with Gasteiger partial charge in [-0.05, 0) is 75.3 Å². The van der Waals surface area contributed by atoms with Crippen LogP contribution in [-0.4, -0.2) is 325 Å². The Morgan fingerprint density at radius 3 is 0.973 bits per heavy atom. The van der Waals surface area contributed by atoms with Gasteiger partial charge in [0, 0.05) is 91.0 Å². The van der Waals surface area contributed by atoms with Crippen LogP contribution in [0, 0.1) is 10.8 Å². The van der Waals surface area contributed by atoms with Crippen molar-refractivity contribution in [3.8, 4) is 0 Å². The largest absolute Gasteiger partial charge is 0.481 e. The van der Waals surface area contributed by atoms with Crippen LogP contribution in [0.3, 0.4) is 0 Å². The molecule has 2 aromatic rings. The number of nitrogens with two attached hydrogens (primary N) is 2. The molecular weight excluding hydrogens is 1570 g/mol. The van der Waals surface area contributed by atoms with Crippen molar-refractivity contribution < 1.29 is 107 Å². The normalized spacial score (nSPS) is 19.6. The van der Waals surface area contributed by atoms with E-state index in [1.807, 2.05) is 0 Å². The molecule has 613 valence electrons. The molecule has 44 heteroatoms. The van der Waals surface area contributed by atoms with Gasteiger partial charge >= 0.3 is 29.8 Å². The monoisotopic (exact) mass is 1670 g/mol. The third-order valence-electron chi connectivity index (χ3n) is 17.0. The second-order valence-corrected chi connectivity index (χ2v) is 26.2. The van der Waals surface area contributed by atoms with Crippen LogP contribution in [0.5, 0.6) is 0 Å². The average Bonchev–Trinajstić information content (AvgIpc) is 1.40. The number of nitrogens with zero attached hydrogens (tertiary/aromatic N) is 3. The van der Waals surface area contributed by atoms with Crippen LogP contribution < -0.4 is 85.9 Å². The molecule has 0 saturated carbocycles. The van der Waals surface area contributed by atoms with E-state index in [2.05, 4.69) is 74.4 Å². The molecule has 0 bridgehead atoms. The summed E-state index contributed by atoms with van der Waals surface area (Å²) in [6, 6.07) is 4.68. The Morgan fingerprint density at radius 1 is 0.357 bits per heavy atom. The SMILES string of the molecule is N=C(N)NCCC[C@@H]1NC(=O)[C@H](CCCCNC(=O)CN(CCN(CCN(CC(=O)O)CC(=O)NCCCC[C@@H]2NC(=O)[C@@H](Cc3ccccc3)NC(=O)[C@H](CC(=O)O)NC(=O)CNC(=O)[C@H](CCCNC(=N)N)NC2=O)CC(=O)O)CC(=O)O)NC(=O)[C@@H](Cc2ccccc2)NC(=O)[C@H](CC(=O)O)NC(=O)CNC1=O.[111In]. The summed E-state index contributed by atoms with van der Waals surface area (Å²) in [5.74, 6) is -18.6. The summed E-state index contributed by atoms with van der Waals surface area (Å²) in [7, 11) is 0. The fraction of sp³-hybridized carbons (Fsp3) is 0.544. The van der Waals surface area contributed by atoms with Crippen LogP contribution in [0.25, 0.3) is 0 Å². The van der Waals surface area contributed by atoms with E-state index in [4.69, 9.17) is 22.3 Å². The van der Waals surface area contributed by atoms with Gasteiger partial charge in [-0.25, -0.2) is 0 Å². The molecule has 43 nitrogen and oxygen atoms in total. The first-order valence-electron chi connectivity index (χ1n) is 35.7. The third-order valence-corrected chi connectivity index (χ3v) is 17.0. The van der Waals surface area contributed by atoms with Crippen molar-refractivity contribution in [3.05, 3.63) is 71.8 Å². The fourth-order valence-electron chi connectivity index (χ4n) is 11.5.